The Balaban J connectivity index is 1.62. The molecule has 0 saturated heterocycles. The van der Waals surface area contributed by atoms with E-state index < -0.39 is 5.41 Å². The van der Waals surface area contributed by atoms with Crippen molar-refractivity contribution in [3.63, 3.8) is 0 Å². The second-order valence-corrected chi connectivity index (χ2v) is 8.62. The van der Waals surface area contributed by atoms with Crippen molar-refractivity contribution in [3.05, 3.63) is 70.1 Å². The van der Waals surface area contributed by atoms with Crippen molar-refractivity contribution < 1.29 is 4.79 Å². The van der Waals surface area contributed by atoms with E-state index in [9.17, 15) is 4.79 Å². The molecule has 1 heterocycles. The van der Waals surface area contributed by atoms with Crippen molar-refractivity contribution in [2.45, 2.75) is 44.6 Å². The fourth-order valence-electron chi connectivity index (χ4n) is 4.39. The highest BCUT2D eigenvalue weighted by atomic mass is 79.9. The summed E-state index contributed by atoms with van der Waals surface area (Å²) in [7, 11) is 1.87. The Bertz CT molecular complexity index is 1010. The molecule has 5 heteroatoms. The SMILES string of the molecule is Cc1nc(CN(C)C(=O)C2(c3ccc(Br)cc3)CCCC2)nc2ccccc12. The van der Waals surface area contributed by atoms with Crippen molar-refractivity contribution in [1.29, 1.82) is 0 Å². The van der Waals surface area contributed by atoms with Crippen molar-refractivity contribution >= 4 is 32.7 Å². The van der Waals surface area contributed by atoms with Crippen LogP contribution in [-0.4, -0.2) is 27.8 Å². The third-order valence-electron chi connectivity index (χ3n) is 5.83. The van der Waals surface area contributed by atoms with E-state index in [1.807, 2.05) is 50.4 Å². The fourth-order valence-corrected chi connectivity index (χ4v) is 4.65. The van der Waals surface area contributed by atoms with E-state index in [4.69, 9.17) is 0 Å². The lowest BCUT2D eigenvalue weighted by Crippen LogP contribution is -2.43. The molecule has 1 aliphatic rings. The van der Waals surface area contributed by atoms with Gasteiger partial charge in [0.25, 0.3) is 0 Å². The number of likely N-dealkylation sites (N-methyl/N-ethyl adjacent to an activating group) is 1. The largest absolute Gasteiger partial charge is 0.337 e. The highest BCUT2D eigenvalue weighted by molar-refractivity contribution is 9.10. The summed E-state index contributed by atoms with van der Waals surface area (Å²) in [5, 5.41) is 1.06. The van der Waals surface area contributed by atoms with Gasteiger partial charge in [0.2, 0.25) is 5.91 Å². The number of para-hydroxylation sites is 1. The van der Waals surface area contributed by atoms with Gasteiger partial charge in [-0.25, -0.2) is 9.97 Å². The van der Waals surface area contributed by atoms with Gasteiger partial charge < -0.3 is 4.90 Å². The lowest BCUT2D eigenvalue weighted by molar-refractivity contribution is -0.136. The Hall–Kier alpha value is -2.27. The van der Waals surface area contributed by atoms with Gasteiger partial charge in [0.15, 0.2) is 0 Å². The van der Waals surface area contributed by atoms with Gasteiger partial charge in [-0.3, -0.25) is 4.79 Å². The number of halogens is 1. The van der Waals surface area contributed by atoms with Crippen LogP contribution in [0.1, 0.15) is 42.8 Å². The Labute approximate surface area is 174 Å². The van der Waals surface area contributed by atoms with E-state index in [-0.39, 0.29) is 5.91 Å². The quantitative estimate of drug-likeness (QED) is 0.565. The lowest BCUT2D eigenvalue weighted by atomic mass is 9.77. The number of aromatic nitrogens is 2. The van der Waals surface area contributed by atoms with E-state index in [0.717, 1.165) is 52.3 Å². The maximum absolute atomic E-state index is 13.6. The summed E-state index contributed by atoms with van der Waals surface area (Å²) in [6, 6.07) is 16.2. The summed E-state index contributed by atoms with van der Waals surface area (Å²) < 4.78 is 1.03. The summed E-state index contributed by atoms with van der Waals surface area (Å²) in [5.74, 6) is 0.859. The van der Waals surface area contributed by atoms with Crippen molar-refractivity contribution in [2.24, 2.45) is 0 Å². The van der Waals surface area contributed by atoms with Crippen LogP contribution in [0.25, 0.3) is 10.9 Å². The summed E-state index contributed by atoms with van der Waals surface area (Å²) >= 11 is 3.50. The molecule has 2 aromatic carbocycles. The zero-order chi connectivity index (χ0) is 19.7. The first-order chi connectivity index (χ1) is 13.5. The lowest BCUT2D eigenvalue weighted by Gasteiger charge is -2.32. The summed E-state index contributed by atoms with van der Waals surface area (Å²) in [4.78, 5) is 24.7. The van der Waals surface area contributed by atoms with Gasteiger partial charge in [0.05, 0.1) is 17.5 Å². The highest BCUT2D eigenvalue weighted by Gasteiger charge is 2.44. The van der Waals surface area contributed by atoms with Crippen LogP contribution >= 0.6 is 15.9 Å². The van der Waals surface area contributed by atoms with Crippen LogP contribution in [0.4, 0.5) is 0 Å². The number of nitrogens with zero attached hydrogens (tertiary/aromatic N) is 3. The number of aryl methyl sites for hydroxylation is 1. The molecule has 1 fully saturated rings. The third-order valence-corrected chi connectivity index (χ3v) is 6.36. The number of hydrogen-bond acceptors (Lipinski definition) is 3. The Morgan fingerprint density at radius 1 is 1.07 bits per heavy atom. The van der Waals surface area contributed by atoms with Gasteiger partial charge in [-0.1, -0.05) is 59.1 Å². The minimum atomic E-state index is -0.429. The average molecular weight is 438 g/mol. The minimum Gasteiger partial charge on any atom is -0.337 e. The standard InChI is InChI=1S/C23H24BrN3O/c1-16-19-7-3-4-8-20(19)26-21(25-16)15-27(2)22(28)23(13-5-6-14-23)17-9-11-18(24)12-10-17/h3-4,7-12H,5-6,13-15H2,1-2H3. The monoisotopic (exact) mass is 437 g/mol. The van der Waals surface area contributed by atoms with E-state index in [2.05, 4.69) is 38.0 Å². The maximum atomic E-state index is 13.6. The third kappa shape index (κ3) is 3.44. The molecule has 1 aliphatic carbocycles. The molecule has 0 bridgehead atoms. The van der Waals surface area contributed by atoms with Gasteiger partial charge in [-0.05, 0) is 43.5 Å². The number of fused-ring (bicyclic) bond motifs is 1. The molecule has 4 nitrogen and oxygen atoms in total. The van der Waals surface area contributed by atoms with Crippen LogP contribution in [0, 0.1) is 6.92 Å². The molecule has 0 N–H and O–H groups in total. The summed E-state index contributed by atoms with van der Waals surface area (Å²) in [6.07, 6.45) is 3.97. The minimum absolute atomic E-state index is 0.168. The molecule has 0 aliphatic heterocycles. The first kappa shape index (κ1) is 19.1. The normalized spacial score (nSPS) is 15.7. The predicted octanol–water partition coefficient (Wildman–Crippen LogP) is 5.17. The number of rotatable bonds is 4. The smallest absolute Gasteiger partial charge is 0.233 e. The van der Waals surface area contributed by atoms with Crippen LogP contribution in [0.3, 0.4) is 0 Å². The second kappa shape index (κ2) is 7.63. The molecule has 0 radical (unpaired) electrons. The molecule has 0 unspecified atom stereocenters. The summed E-state index contributed by atoms with van der Waals surface area (Å²) in [5.41, 5.74) is 2.56. The van der Waals surface area contributed by atoms with Crippen LogP contribution in [-0.2, 0) is 16.8 Å². The fraction of sp³-hybridized carbons (Fsp3) is 0.348. The first-order valence-corrected chi connectivity index (χ1v) is 10.5. The van der Waals surface area contributed by atoms with Crippen molar-refractivity contribution in [3.8, 4) is 0 Å². The second-order valence-electron chi connectivity index (χ2n) is 7.70. The Morgan fingerprint density at radius 3 is 2.46 bits per heavy atom. The maximum Gasteiger partial charge on any atom is 0.233 e. The number of carbonyl (C=O) groups is 1. The van der Waals surface area contributed by atoms with Crippen molar-refractivity contribution in [1.82, 2.24) is 14.9 Å². The topological polar surface area (TPSA) is 46.1 Å². The molecule has 3 aromatic rings. The zero-order valence-corrected chi connectivity index (χ0v) is 17.9. The van der Waals surface area contributed by atoms with E-state index in [0.29, 0.717) is 12.4 Å². The van der Waals surface area contributed by atoms with Crippen LogP contribution in [0.2, 0.25) is 0 Å². The van der Waals surface area contributed by atoms with Gasteiger partial charge in [0.1, 0.15) is 5.82 Å². The molecule has 28 heavy (non-hydrogen) atoms. The molecule has 4 rings (SSSR count). The zero-order valence-electron chi connectivity index (χ0n) is 16.3. The van der Waals surface area contributed by atoms with Gasteiger partial charge >= 0.3 is 0 Å². The van der Waals surface area contributed by atoms with E-state index >= 15 is 0 Å². The molecule has 0 spiro atoms. The molecule has 0 atom stereocenters. The molecular formula is C23H24BrN3O. The first-order valence-electron chi connectivity index (χ1n) is 9.73. The number of amides is 1. The van der Waals surface area contributed by atoms with Gasteiger partial charge in [-0.2, -0.15) is 0 Å². The molecule has 1 saturated carbocycles. The Kier molecular flexibility index (Phi) is 5.19. The van der Waals surface area contributed by atoms with Crippen LogP contribution in [0.5, 0.6) is 0 Å². The van der Waals surface area contributed by atoms with E-state index in [1.54, 1.807) is 4.90 Å². The highest BCUT2D eigenvalue weighted by Crippen LogP contribution is 2.43. The number of hydrogen-bond donors (Lipinski definition) is 0. The summed E-state index contributed by atoms with van der Waals surface area (Å²) in [6.45, 7) is 2.42. The van der Waals surface area contributed by atoms with E-state index in [1.165, 1.54) is 0 Å². The van der Waals surface area contributed by atoms with Crippen LogP contribution < -0.4 is 0 Å². The molecule has 1 amide bonds. The molecule has 144 valence electrons. The average Bonchev–Trinajstić information content (AvgIpc) is 3.19. The predicted molar refractivity (Wildman–Crippen MR) is 115 cm³/mol. The molecule has 1 aromatic heterocycles. The molecular weight excluding hydrogens is 414 g/mol. The van der Waals surface area contributed by atoms with Crippen LogP contribution in [0.15, 0.2) is 53.0 Å². The van der Waals surface area contributed by atoms with Crippen molar-refractivity contribution in [2.75, 3.05) is 7.05 Å². The Morgan fingerprint density at radius 2 is 1.75 bits per heavy atom. The van der Waals surface area contributed by atoms with Gasteiger partial charge in [-0.15, -0.1) is 0 Å². The number of carbonyl (C=O) groups excluding carboxylic acids is 1. The van der Waals surface area contributed by atoms with Gasteiger partial charge in [0, 0.05) is 22.6 Å². The number of benzene rings is 2.